The van der Waals surface area contributed by atoms with E-state index < -0.39 is 40.8 Å². The summed E-state index contributed by atoms with van der Waals surface area (Å²) in [6.45, 7) is 2.70. The van der Waals surface area contributed by atoms with Gasteiger partial charge in [-0.25, -0.2) is 8.78 Å². The number of hydrogen-bond donors (Lipinski definition) is 1. The Balaban J connectivity index is 3.06. The smallest absolute Gasteiger partial charge is 0.309 e. The fourth-order valence-corrected chi connectivity index (χ4v) is 1.62. The summed E-state index contributed by atoms with van der Waals surface area (Å²) in [5, 5.41) is 8.88. The lowest BCUT2D eigenvalue weighted by Gasteiger charge is -2.18. The second-order valence-electron chi connectivity index (χ2n) is 4.54. The fourth-order valence-electron chi connectivity index (χ4n) is 1.31. The third-order valence-electron chi connectivity index (χ3n) is 2.49. The topological polar surface area (TPSA) is 54.4 Å². The van der Waals surface area contributed by atoms with Crippen LogP contribution in [0.1, 0.15) is 30.6 Å². The third-order valence-corrected chi connectivity index (χ3v) is 3.10. The molecule has 1 aromatic rings. The lowest BCUT2D eigenvalue weighted by atomic mass is 9.85. The van der Waals surface area contributed by atoms with Gasteiger partial charge >= 0.3 is 5.97 Å². The van der Waals surface area contributed by atoms with Crippen molar-refractivity contribution in [2.45, 2.75) is 20.3 Å². The van der Waals surface area contributed by atoms with Crippen LogP contribution in [0.5, 0.6) is 0 Å². The average molecular weight is 321 g/mol. The van der Waals surface area contributed by atoms with Crippen LogP contribution in [-0.2, 0) is 4.79 Å². The highest BCUT2D eigenvalue weighted by molar-refractivity contribution is 9.10. The molecule has 0 saturated heterocycles. The van der Waals surface area contributed by atoms with Gasteiger partial charge in [0.2, 0.25) is 0 Å². The molecule has 6 heteroatoms. The minimum absolute atomic E-state index is 0.0888. The lowest BCUT2D eigenvalue weighted by molar-refractivity contribution is -0.146. The Labute approximate surface area is 111 Å². The second kappa shape index (κ2) is 5.14. The standard InChI is InChI=1S/C12H11BrF2O3/c1-12(2,11(17)18)5-10(16)6-3-9(15)7(13)4-8(6)14/h3-4H,5H2,1-2H3,(H,17,18). The summed E-state index contributed by atoms with van der Waals surface area (Å²) < 4.78 is 26.6. The molecule has 0 atom stereocenters. The van der Waals surface area contributed by atoms with E-state index in [1.54, 1.807) is 0 Å². The molecular formula is C12H11BrF2O3. The Bertz CT molecular complexity index is 512. The van der Waals surface area contributed by atoms with Crippen molar-refractivity contribution in [3.63, 3.8) is 0 Å². The van der Waals surface area contributed by atoms with Gasteiger partial charge in [-0.3, -0.25) is 9.59 Å². The third kappa shape index (κ3) is 3.13. The van der Waals surface area contributed by atoms with Crippen LogP contribution in [0.15, 0.2) is 16.6 Å². The molecule has 0 radical (unpaired) electrons. The van der Waals surface area contributed by atoms with Gasteiger partial charge in [0, 0.05) is 6.42 Å². The highest BCUT2D eigenvalue weighted by Crippen LogP contribution is 2.26. The van der Waals surface area contributed by atoms with Crippen LogP contribution in [0.2, 0.25) is 0 Å². The summed E-state index contributed by atoms with van der Waals surface area (Å²) in [4.78, 5) is 22.6. The first-order chi connectivity index (χ1) is 8.15. The fraction of sp³-hybridized carbons (Fsp3) is 0.333. The van der Waals surface area contributed by atoms with Crippen molar-refractivity contribution in [2.75, 3.05) is 0 Å². The molecule has 0 unspecified atom stereocenters. The zero-order valence-electron chi connectivity index (χ0n) is 9.76. The molecule has 0 amide bonds. The monoisotopic (exact) mass is 320 g/mol. The molecule has 0 heterocycles. The number of Topliss-reactive ketones (excluding diaryl/α,β-unsaturated/α-hetero) is 1. The van der Waals surface area contributed by atoms with Crippen LogP contribution in [0.25, 0.3) is 0 Å². The van der Waals surface area contributed by atoms with Crippen LogP contribution in [-0.4, -0.2) is 16.9 Å². The molecule has 1 rings (SSSR count). The molecule has 18 heavy (non-hydrogen) atoms. The highest BCUT2D eigenvalue weighted by Gasteiger charge is 2.31. The van der Waals surface area contributed by atoms with Gasteiger partial charge in [-0.15, -0.1) is 0 Å². The van der Waals surface area contributed by atoms with Crippen molar-refractivity contribution < 1.29 is 23.5 Å². The van der Waals surface area contributed by atoms with Crippen LogP contribution < -0.4 is 0 Å². The van der Waals surface area contributed by atoms with Gasteiger partial charge in [0.15, 0.2) is 5.78 Å². The van der Waals surface area contributed by atoms with Crippen LogP contribution in [0, 0.1) is 17.0 Å². The van der Waals surface area contributed by atoms with E-state index in [0.29, 0.717) is 0 Å². The predicted octanol–water partition coefficient (Wildman–Crippen LogP) is 3.41. The molecule has 0 fully saturated rings. The first-order valence-corrected chi connectivity index (χ1v) is 5.85. The maximum Gasteiger partial charge on any atom is 0.309 e. The molecular weight excluding hydrogens is 310 g/mol. The van der Waals surface area contributed by atoms with Crippen molar-refractivity contribution in [2.24, 2.45) is 5.41 Å². The quantitative estimate of drug-likeness (QED) is 0.683. The van der Waals surface area contributed by atoms with Gasteiger partial charge in [0.1, 0.15) is 11.6 Å². The van der Waals surface area contributed by atoms with E-state index in [1.165, 1.54) is 13.8 Å². The van der Waals surface area contributed by atoms with Crippen molar-refractivity contribution in [1.82, 2.24) is 0 Å². The van der Waals surface area contributed by atoms with E-state index in [1.807, 2.05) is 0 Å². The number of benzene rings is 1. The summed E-state index contributed by atoms with van der Waals surface area (Å²) in [7, 11) is 0. The zero-order chi connectivity index (χ0) is 14.1. The Morgan fingerprint density at radius 2 is 1.83 bits per heavy atom. The van der Waals surface area contributed by atoms with E-state index in [2.05, 4.69) is 15.9 Å². The van der Waals surface area contributed by atoms with E-state index in [9.17, 15) is 18.4 Å². The minimum Gasteiger partial charge on any atom is -0.481 e. The van der Waals surface area contributed by atoms with Gasteiger partial charge in [0.25, 0.3) is 0 Å². The molecule has 0 spiro atoms. The molecule has 0 aliphatic heterocycles. The van der Waals surface area contributed by atoms with Crippen molar-refractivity contribution in [3.8, 4) is 0 Å². The van der Waals surface area contributed by atoms with Gasteiger partial charge in [-0.2, -0.15) is 0 Å². The molecule has 1 aromatic carbocycles. The van der Waals surface area contributed by atoms with Gasteiger partial charge < -0.3 is 5.11 Å². The summed E-state index contributed by atoms with van der Waals surface area (Å²) in [5.74, 6) is -3.57. The molecule has 0 aromatic heterocycles. The minimum atomic E-state index is -1.33. The van der Waals surface area contributed by atoms with Crippen molar-refractivity contribution >= 4 is 27.7 Å². The second-order valence-corrected chi connectivity index (χ2v) is 5.39. The number of hydrogen-bond acceptors (Lipinski definition) is 2. The Morgan fingerprint density at radius 1 is 1.28 bits per heavy atom. The number of carbonyl (C=O) groups excluding carboxylic acids is 1. The Kier molecular flexibility index (Phi) is 4.21. The number of rotatable bonds is 4. The summed E-state index contributed by atoms with van der Waals surface area (Å²) in [6, 6.07) is 1.61. The number of carbonyl (C=O) groups is 2. The van der Waals surface area contributed by atoms with Gasteiger partial charge in [0.05, 0.1) is 15.5 Å². The number of carboxylic acid groups (broad SMARTS) is 1. The molecule has 98 valence electrons. The van der Waals surface area contributed by atoms with E-state index in [-0.39, 0.29) is 4.47 Å². The molecule has 0 aliphatic rings. The predicted molar refractivity (Wildman–Crippen MR) is 64.4 cm³/mol. The van der Waals surface area contributed by atoms with E-state index in [4.69, 9.17) is 5.11 Å². The molecule has 3 nitrogen and oxygen atoms in total. The Hall–Kier alpha value is -1.30. The van der Waals surface area contributed by atoms with Crippen LogP contribution >= 0.6 is 15.9 Å². The summed E-state index contributed by atoms with van der Waals surface area (Å²) in [5.41, 5.74) is -1.77. The maximum absolute atomic E-state index is 13.5. The molecule has 0 saturated carbocycles. The van der Waals surface area contributed by atoms with Crippen LogP contribution in [0.3, 0.4) is 0 Å². The first-order valence-electron chi connectivity index (χ1n) is 5.06. The normalized spacial score (nSPS) is 11.4. The summed E-state index contributed by atoms with van der Waals surface area (Å²) in [6.07, 6.45) is -0.402. The lowest BCUT2D eigenvalue weighted by Crippen LogP contribution is -2.27. The van der Waals surface area contributed by atoms with E-state index >= 15 is 0 Å². The van der Waals surface area contributed by atoms with Crippen LogP contribution in [0.4, 0.5) is 8.78 Å². The van der Waals surface area contributed by atoms with Gasteiger partial charge in [-0.1, -0.05) is 0 Å². The first kappa shape index (κ1) is 14.8. The number of aliphatic carboxylic acids is 1. The van der Waals surface area contributed by atoms with Crippen molar-refractivity contribution in [3.05, 3.63) is 33.8 Å². The maximum atomic E-state index is 13.5. The highest BCUT2D eigenvalue weighted by atomic mass is 79.9. The average Bonchev–Trinajstić information content (AvgIpc) is 2.22. The summed E-state index contributed by atoms with van der Waals surface area (Å²) >= 11 is 2.79. The van der Waals surface area contributed by atoms with E-state index in [0.717, 1.165) is 12.1 Å². The van der Waals surface area contributed by atoms with Gasteiger partial charge in [-0.05, 0) is 41.9 Å². The number of carboxylic acids is 1. The molecule has 1 N–H and O–H groups in total. The Morgan fingerprint density at radius 3 is 2.33 bits per heavy atom. The number of ketones is 1. The zero-order valence-corrected chi connectivity index (χ0v) is 11.3. The largest absolute Gasteiger partial charge is 0.481 e. The SMILES string of the molecule is CC(C)(CC(=O)c1cc(F)c(Br)cc1F)C(=O)O. The number of halogens is 3. The van der Waals surface area contributed by atoms with Crippen molar-refractivity contribution in [1.29, 1.82) is 0 Å². The molecule has 0 bridgehead atoms. The molecule has 0 aliphatic carbocycles.